The molecule has 2 heterocycles. The Bertz CT molecular complexity index is 1260. The number of benzene rings is 3. The van der Waals surface area contributed by atoms with Crippen LogP contribution in [0.25, 0.3) is 0 Å². The van der Waals surface area contributed by atoms with E-state index in [2.05, 4.69) is 36.9 Å². The first-order chi connectivity index (χ1) is 16.8. The predicted molar refractivity (Wildman–Crippen MR) is 133 cm³/mol. The number of methoxy groups -OCH3 is 1. The van der Waals surface area contributed by atoms with Crippen molar-refractivity contribution in [1.29, 1.82) is 0 Å². The first-order valence-electron chi connectivity index (χ1n) is 12.0. The summed E-state index contributed by atoms with van der Waals surface area (Å²) < 4.78 is 32.8. The summed E-state index contributed by atoms with van der Waals surface area (Å²) >= 11 is 0. The summed E-state index contributed by atoms with van der Waals surface area (Å²) in [6, 6.07) is 15.8. The van der Waals surface area contributed by atoms with Crippen LogP contribution in [0.5, 0.6) is 5.75 Å². The lowest BCUT2D eigenvalue weighted by atomic mass is 9.74. The van der Waals surface area contributed by atoms with E-state index in [0.717, 1.165) is 61.6 Å². The summed E-state index contributed by atoms with van der Waals surface area (Å²) in [5.41, 5.74) is 5.74. The third-order valence-corrected chi connectivity index (χ3v) is 7.44. The Morgan fingerprint density at radius 1 is 0.943 bits per heavy atom. The van der Waals surface area contributed by atoms with Crippen LogP contribution in [0.4, 0.5) is 14.5 Å². The van der Waals surface area contributed by atoms with Gasteiger partial charge in [0.25, 0.3) is 5.91 Å². The normalized spacial score (nSPS) is 17.0. The number of ether oxygens (including phenoxy) is 1. The number of piperidine rings is 1. The fraction of sp³-hybridized carbons (Fsp3) is 0.345. The number of halogens is 2. The quantitative estimate of drug-likeness (QED) is 0.478. The molecular formula is C29H30F2N2O2. The summed E-state index contributed by atoms with van der Waals surface area (Å²) in [6.45, 7) is 7.51. The number of nitrogens with zero attached hydrogens (tertiary/aromatic N) is 2. The predicted octanol–water partition coefficient (Wildman–Crippen LogP) is 5.78. The van der Waals surface area contributed by atoms with Crippen molar-refractivity contribution in [2.24, 2.45) is 0 Å². The van der Waals surface area contributed by atoms with Gasteiger partial charge in [0.05, 0.1) is 7.11 Å². The van der Waals surface area contributed by atoms with Crippen molar-refractivity contribution in [3.05, 3.63) is 94.0 Å². The number of hydrogen-bond donors (Lipinski definition) is 0. The molecule has 4 nitrogen and oxygen atoms in total. The number of anilines is 1. The zero-order valence-corrected chi connectivity index (χ0v) is 20.4. The van der Waals surface area contributed by atoms with Gasteiger partial charge in [-0.2, -0.15) is 0 Å². The lowest BCUT2D eigenvalue weighted by Crippen LogP contribution is -2.45. The maximum Gasteiger partial charge on any atom is 0.258 e. The highest BCUT2D eigenvalue weighted by atomic mass is 19.2. The molecule has 0 N–H and O–H groups in total. The van der Waals surface area contributed by atoms with Crippen molar-refractivity contribution in [2.45, 2.75) is 38.6 Å². The van der Waals surface area contributed by atoms with Gasteiger partial charge in [-0.25, -0.2) is 8.78 Å². The zero-order valence-electron chi connectivity index (χ0n) is 20.4. The molecule has 182 valence electrons. The molecule has 0 atom stereocenters. The lowest BCUT2D eigenvalue weighted by molar-refractivity contribution is 0.0975. The maximum atomic E-state index is 13.9. The van der Waals surface area contributed by atoms with E-state index in [9.17, 15) is 13.6 Å². The molecule has 3 aromatic carbocycles. The van der Waals surface area contributed by atoms with E-state index in [1.54, 1.807) is 12.0 Å². The number of carbonyl (C=O) groups is 1. The Morgan fingerprint density at radius 2 is 1.66 bits per heavy atom. The van der Waals surface area contributed by atoms with Crippen molar-refractivity contribution in [1.82, 2.24) is 4.90 Å². The number of rotatable bonds is 4. The molecule has 1 fully saturated rings. The largest absolute Gasteiger partial charge is 0.497 e. The number of carbonyl (C=O) groups excluding carboxylic acids is 1. The van der Waals surface area contributed by atoms with Crippen molar-refractivity contribution >= 4 is 11.6 Å². The van der Waals surface area contributed by atoms with Gasteiger partial charge in [0.2, 0.25) is 0 Å². The number of aryl methyl sites for hydroxylation is 2. The average molecular weight is 477 g/mol. The fourth-order valence-electron chi connectivity index (χ4n) is 5.73. The van der Waals surface area contributed by atoms with Gasteiger partial charge in [-0.1, -0.05) is 29.3 Å². The van der Waals surface area contributed by atoms with Crippen LogP contribution in [-0.4, -0.2) is 37.6 Å². The van der Waals surface area contributed by atoms with Crippen LogP contribution in [-0.2, 0) is 12.0 Å². The van der Waals surface area contributed by atoms with Gasteiger partial charge in [0.1, 0.15) is 5.75 Å². The molecule has 0 aliphatic carbocycles. The molecule has 0 bridgehead atoms. The van der Waals surface area contributed by atoms with Gasteiger partial charge in [-0.05, 0) is 87.3 Å². The Morgan fingerprint density at radius 3 is 2.31 bits per heavy atom. The summed E-state index contributed by atoms with van der Waals surface area (Å²) in [6.07, 6.45) is 1.80. The lowest BCUT2D eigenvalue weighted by Gasteiger charge is -2.40. The minimum atomic E-state index is -1.01. The second-order valence-electron chi connectivity index (χ2n) is 9.96. The summed E-state index contributed by atoms with van der Waals surface area (Å²) in [4.78, 5) is 17.6. The molecule has 0 aromatic heterocycles. The third kappa shape index (κ3) is 4.43. The maximum absolute atomic E-state index is 13.9. The molecule has 2 aliphatic heterocycles. The topological polar surface area (TPSA) is 32.8 Å². The number of fused-ring (bicyclic) bond motifs is 2. The monoisotopic (exact) mass is 476 g/mol. The average Bonchev–Trinajstić information content (AvgIpc) is 3.14. The molecule has 1 saturated heterocycles. The second-order valence-corrected chi connectivity index (χ2v) is 9.96. The van der Waals surface area contributed by atoms with Crippen LogP contribution >= 0.6 is 0 Å². The van der Waals surface area contributed by atoms with Gasteiger partial charge < -0.3 is 9.64 Å². The summed E-state index contributed by atoms with van der Waals surface area (Å²) in [7, 11) is 1.64. The summed E-state index contributed by atoms with van der Waals surface area (Å²) in [5.74, 6) is -1.53. The van der Waals surface area contributed by atoms with Crippen LogP contribution in [0, 0.1) is 25.5 Å². The van der Waals surface area contributed by atoms with Crippen LogP contribution in [0.2, 0.25) is 0 Å². The summed E-state index contributed by atoms with van der Waals surface area (Å²) in [5, 5.41) is 0. The number of amides is 1. The van der Waals surface area contributed by atoms with Gasteiger partial charge in [0, 0.05) is 29.8 Å². The van der Waals surface area contributed by atoms with E-state index in [4.69, 9.17) is 4.74 Å². The first-order valence-corrected chi connectivity index (χ1v) is 12.0. The minimum absolute atomic E-state index is 0.148. The zero-order chi connectivity index (χ0) is 24.7. The first kappa shape index (κ1) is 23.5. The second kappa shape index (κ2) is 9.08. The van der Waals surface area contributed by atoms with Crippen LogP contribution < -0.4 is 9.64 Å². The van der Waals surface area contributed by atoms with Crippen molar-refractivity contribution in [3.63, 3.8) is 0 Å². The molecule has 0 radical (unpaired) electrons. The van der Waals surface area contributed by atoms with E-state index >= 15 is 0 Å². The number of likely N-dealkylation sites (tertiary alicyclic amines) is 1. The molecule has 5 rings (SSSR count). The van der Waals surface area contributed by atoms with E-state index in [1.165, 1.54) is 22.8 Å². The molecule has 2 aliphatic rings. The molecule has 35 heavy (non-hydrogen) atoms. The Labute approximate surface area is 205 Å². The Hall–Kier alpha value is -3.25. The van der Waals surface area contributed by atoms with Gasteiger partial charge in [-0.15, -0.1) is 0 Å². The minimum Gasteiger partial charge on any atom is -0.497 e. The molecule has 1 spiro atoms. The van der Waals surface area contributed by atoms with Crippen LogP contribution in [0.3, 0.4) is 0 Å². The third-order valence-electron chi connectivity index (χ3n) is 7.44. The molecular weight excluding hydrogens is 446 g/mol. The molecule has 6 heteroatoms. The molecule has 3 aromatic rings. The van der Waals surface area contributed by atoms with Crippen LogP contribution in [0.15, 0.2) is 54.6 Å². The van der Waals surface area contributed by atoms with Gasteiger partial charge >= 0.3 is 0 Å². The van der Waals surface area contributed by atoms with E-state index in [0.29, 0.717) is 6.54 Å². The van der Waals surface area contributed by atoms with Crippen LogP contribution in [0.1, 0.15) is 45.5 Å². The van der Waals surface area contributed by atoms with E-state index < -0.39 is 11.6 Å². The Kier molecular flexibility index (Phi) is 6.09. The molecule has 1 amide bonds. The smallest absolute Gasteiger partial charge is 0.258 e. The van der Waals surface area contributed by atoms with Crippen molar-refractivity contribution in [2.75, 3.05) is 31.6 Å². The Balaban J connectivity index is 1.41. The van der Waals surface area contributed by atoms with E-state index in [-0.39, 0.29) is 16.9 Å². The molecule has 0 unspecified atom stereocenters. The SMILES string of the molecule is COc1ccc2c(c1)C1(CCN(Cc3cc(C)cc(C)c3)CC1)CN2C(=O)c1ccc(F)c(F)c1. The highest BCUT2D eigenvalue weighted by molar-refractivity contribution is 6.07. The highest BCUT2D eigenvalue weighted by Gasteiger charge is 2.46. The van der Waals surface area contributed by atoms with Gasteiger partial charge in [-0.3, -0.25) is 9.69 Å². The van der Waals surface area contributed by atoms with Crippen molar-refractivity contribution < 1.29 is 18.3 Å². The highest BCUT2D eigenvalue weighted by Crippen LogP contribution is 2.48. The van der Waals surface area contributed by atoms with Crippen molar-refractivity contribution in [3.8, 4) is 5.75 Å². The van der Waals surface area contributed by atoms with Gasteiger partial charge in [0.15, 0.2) is 11.6 Å². The fourth-order valence-corrected chi connectivity index (χ4v) is 5.73. The standard InChI is InChI=1S/C29H30F2N2O2/c1-19-12-20(2)14-21(13-19)17-32-10-8-29(9-11-32)18-33(27-7-5-23(35-3)16-24(27)29)28(34)22-4-6-25(30)26(31)15-22/h4-7,12-16H,8-11,17-18H2,1-3H3. The molecule has 0 saturated carbocycles. The number of hydrogen-bond acceptors (Lipinski definition) is 3. The van der Waals surface area contributed by atoms with E-state index in [1.807, 2.05) is 18.2 Å².